The van der Waals surface area contributed by atoms with Crippen LogP contribution in [0.15, 0.2) is 10.9 Å². The summed E-state index contributed by atoms with van der Waals surface area (Å²) in [5, 5.41) is 9.33. The Morgan fingerprint density at radius 3 is 3.31 bits per heavy atom. The molecule has 0 aliphatic carbocycles. The quantitative estimate of drug-likeness (QED) is 0.664. The van der Waals surface area contributed by atoms with Crippen molar-refractivity contribution in [1.29, 1.82) is 0 Å². The van der Waals surface area contributed by atoms with E-state index >= 15 is 0 Å². The number of ether oxygens (including phenoxy) is 1. The fourth-order valence-electron chi connectivity index (χ4n) is 1.46. The predicted octanol–water partition coefficient (Wildman–Crippen LogP) is -1.28. The summed E-state index contributed by atoms with van der Waals surface area (Å²) >= 11 is 0. The fraction of sp³-hybridized carbons (Fsp3) is 0.667. The second kappa shape index (κ2) is 5.57. The zero-order chi connectivity index (χ0) is 11.2. The molecule has 1 aliphatic rings. The van der Waals surface area contributed by atoms with Crippen molar-refractivity contribution in [3.8, 4) is 0 Å². The van der Waals surface area contributed by atoms with Crippen LogP contribution < -0.4 is 10.6 Å². The molecular weight excluding hydrogens is 212 g/mol. The predicted molar refractivity (Wildman–Crippen MR) is 53.6 cm³/mol. The summed E-state index contributed by atoms with van der Waals surface area (Å²) in [4.78, 5) is 15.5. The number of hydrogen-bond donors (Lipinski definition) is 2. The SMILES string of the molecule is O=C(NCCc1ncno1)C1COCCN1. The van der Waals surface area contributed by atoms with Crippen molar-refractivity contribution < 1.29 is 14.1 Å². The molecule has 1 aliphatic heterocycles. The van der Waals surface area contributed by atoms with Gasteiger partial charge in [0, 0.05) is 19.5 Å². The van der Waals surface area contributed by atoms with E-state index in [2.05, 4.69) is 20.8 Å². The molecule has 1 amide bonds. The Morgan fingerprint density at radius 2 is 2.62 bits per heavy atom. The lowest BCUT2D eigenvalue weighted by molar-refractivity contribution is -0.125. The fourth-order valence-corrected chi connectivity index (χ4v) is 1.46. The van der Waals surface area contributed by atoms with Gasteiger partial charge in [0.2, 0.25) is 11.8 Å². The molecule has 7 heteroatoms. The van der Waals surface area contributed by atoms with Crippen molar-refractivity contribution >= 4 is 5.91 Å². The van der Waals surface area contributed by atoms with E-state index in [0.29, 0.717) is 38.6 Å². The van der Waals surface area contributed by atoms with E-state index in [1.54, 1.807) is 0 Å². The Labute approximate surface area is 92.5 Å². The first kappa shape index (κ1) is 11.0. The summed E-state index contributed by atoms with van der Waals surface area (Å²) in [6.45, 7) is 2.28. The lowest BCUT2D eigenvalue weighted by Gasteiger charge is -2.22. The maximum Gasteiger partial charge on any atom is 0.239 e. The molecule has 0 saturated carbocycles. The maximum absolute atomic E-state index is 11.6. The highest BCUT2D eigenvalue weighted by Crippen LogP contribution is 1.94. The monoisotopic (exact) mass is 226 g/mol. The number of carbonyl (C=O) groups is 1. The Hall–Kier alpha value is -1.47. The molecule has 1 unspecified atom stereocenters. The summed E-state index contributed by atoms with van der Waals surface area (Å²) in [7, 11) is 0. The number of hydrogen-bond acceptors (Lipinski definition) is 6. The maximum atomic E-state index is 11.6. The zero-order valence-electron chi connectivity index (χ0n) is 8.81. The summed E-state index contributed by atoms with van der Waals surface area (Å²) < 4.78 is 10.00. The highest BCUT2D eigenvalue weighted by Gasteiger charge is 2.20. The highest BCUT2D eigenvalue weighted by atomic mass is 16.5. The van der Waals surface area contributed by atoms with Gasteiger partial charge in [-0.3, -0.25) is 4.79 Å². The Bertz CT molecular complexity index is 322. The molecule has 1 saturated heterocycles. The molecule has 0 bridgehead atoms. The van der Waals surface area contributed by atoms with E-state index in [0.717, 1.165) is 0 Å². The van der Waals surface area contributed by atoms with Crippen LogP contribution in [0.25, 0.3) is 0 Å². The number of carbonyl (C=O) groups excluding carboxylic acids is 1. The lowest BCUT2D eigenvalue weighted by atomic mass is 10.2. The standard InChI is InChI=1S/C9H14N4O3/c14-9(7-5-15-4-3-10-7)11-2-1-8-12-6-13-16-8/h6-7,10H,1-5H2,(H,11,14). The van der Waals surface area contributed by atoms with E-state index in [1.807, 2.05) is 0 Å². The van der Waals surface area contributed by atoms with E-state index in [-0.39, 0.29) is 11.9 Å². The van der Waals surface area contributed by atoms with Crippen molar-refractivity contribution in [2.45, 2.75) is 12.5 Å². The van der Waals surface area contributed by atoms with Crippen molar-refractivity contribution in [1.82, 2.24) is 20.8 Å². The van der Waals surface area contributed by atoms with Crippen molar-refractivity contribution in [3.63, 3.8) is 0 Å². The van der Waals surface area contributed by atoms with Gasteiger partial charge >= 0.3 is 0 Å². The van der Waals surface area contributed by atoms with E-state index in [1.165, 1.54) is 6.33 Å². The van der Waals surface area contributed by atoms with Crippen molar-refractivity contribution in [3.05, 3.63) is 12.2 Å². The van der Waals surface area contributed by atoms with Gasteiger partial charge in [-0.2, -0.15) is 4.98 Å². The number of nitrogens with zero attached hydrogens (tertiary/aromatic N) is 2. The van der Waals surface area contributed by atoms with Gasteiger partial charge in [-0.15, -0.1) is 0 Å². The van der Waals surface area contributed by atoms with Gasteiger partial charge < -0.3 is 19.9 Å². The van der Waals surface area contributed by atoms with Crippen molar-refractivity contribution in [2.75, 3.05) is 26.3 Å². The average Bonchev–Trinajstić information content (AvgIpc) is 2.83. The van der Waals surface area contributed by atoms with Crippen LogP contribution in [0.4, 0.5) is 0 Å². The first-order chi connectivity index (χ1) is 7.86. The molecule has 0 aromatic carbocycles. The van der Waals surface area contributed by atoms with Gasteiger partial charge in [-0.1, -0.05) is 5.16 Å². The molecule has 88 valence electrons. The minimum atomic E-state index is -0.253. The van der Waals surface area contributed by atoms with Crippen LogP contribution in [0.2, 0.25) is 0 Å². The van der Waals surface area contributed by atoms with Gasteiger partial charge in [-0.25, -0.2) is 0 Å². The molecule has 1 atom stereocenters. The lowest BCUT2D eigenvalue weighted by Crippen LogP contribution is -2.51. The molecule has 2 N–H and O–H groups in total. The van der Waals surface area contributed by atoms with Crippen LogP contribution in [0.3, 0.4) is 0 Å². The van der Waals surface area contributed by atoms with Crippen LogP contribution in [0.5, 0.6) is 0 Å². The van der Waals surface area contributed by atoms with Gasteiger partial charge in [0.25, 0.3) is 0 Å². The topological polar surface area (TPSA) is 89.3 Å². The normalized spacial score (nSPS) is 20.6. The molecule has 7 nitrogen and oxygen atoms in total. The van der Waals surface area contributed by atoms with E-state index in [9.17, 15) is 4.79 Å². The summed E-state index contributed by atoms with van der Waals surface area (Å²) in [5.74, 6) is 0.465. The molecule has 0 radical (unpaired) electrons. The minimum Gasteiger partial charge on any atom is -0.378 e. The second-order valence-electron chi connectivity index (χ2n) is 3.46. The third-order valence-corrected chi connectivity index (χ3v) is 2.28. The van der Waals surface area contributed by atoms with Gasteiger partial charge in [-0.05, 0) is 0 Å². The number of morpholine rings is 1. The largest absolute Gasteiger partial charge is 0.378 e. The average molecular weight is 226 g/mol. The number of rotatable bonds is 4. The summed E-state index contributed by atoms with van der Waals surface area (Å²) in [6, 6.07) is -0.253. The van der Waals surface area contributed by atoms with Crippen LogP contribution in [0.1, 0.15) is 5.89 Å². The molecule has 2 heterocycles. The third-order valence-electron chi connectivity index (χ3n) is 2.28. The Kier molecular flexibility index (Phi) is 3.84. The first-order valence-electron chi connectivity index (χ1n) is 5.20. The summed E-state index contributed by atoms with van der Waals surface area (Å²) in [5.41, 5.74) is 0. The molecule has 1 aromatic rings. The zero-order valence-corrected chi connectivity index (χ0v) is 8.81. The Balaban J connectivity index is 1.67. The number of amides is 1. The molecule has 1 aromatic heterocycles. The molecular formula is C9H14N4O3. The molecule has 2 rings (SSSR count). The second-order valence-corrected chi connectivity index (χ2v) is 3.46. The number of aromatic nitrogens is 2. The highest BCUT2D eigenvalue weighted by molar-refractivity contribution is 5.81. The van der Waals surface area contributed by atoms with E-state index in [4.69, 9.17) is 9.26 Å². The van der Waals surface area contributed by atoms with Crippen LogP contribution in [0, 0.1) is 0 Å². The third kappa shape index (κ3) is 3.01. The van der Waals surface area contributed by atoms with Gasteiger partial charge in [0.1, 0.15) is 6.04 Å². The number of nitrogens with one attached hydrogen (secondary N) is 2. The summed E-state index contributed by atoms with van der Waals surface area (Å²) in [6.07, 6.45) is 1.88. The van der Waals surface area contributed by atoms with Crippen molar-refractivity contribution in [2.24, 2.45) is 0 Å². The first-order valence-corrected chi connectivity index (χ1v) is 5.20. The smallest absolute Gasteiger partial charge is 0.239 e. The Morgan fingerprint density at radius 1 is 1.69 bits per heavy atom. The molecule has 16 heavy (non-hydrogen) atoms. The van der Waals surface area contributed by atoms with Crippen LogP contribution >= 0.6 is 0 Å². The van der Waals surface area contributed by atoms with Crippen LogP contribution in [-0.2, 0) is 16.0 Å². The molecule has 1 fully saturated rings. The van der Waals surface area contributed by atoms with Crippen LogP contribution in [-0.4, -0.2) is 48.4 Å². The van der Waals surface area contributed by atoms with E-state index < -0.39 is 0 Å². The molecule has 0 spiro atoms. The minimum absolute atomic E-state index is 0.0563. The van der Waals surface area contributed by atoms with Gasteiger partial charge in [0.05, 0.1) is 13.2 Å². The van der Waals surface area contributed by atoms with Gasteiger partial charge in [0.15, 0.2) is 6.33 Å².